The molecule has 1 saturated heterocycles. The lowest BCUT2D eigenvalue weighted by Gasteiger charge is -2.21. The average molecular weight is 224 g/mol. The van der Waals surface area contributed by atoms with Crippen LogP contribution in [0.1, 0.15) is 24.6 Å². The second-order valence-corrected chi connectivity index (χ2v) is 3.96. The molecule has 0 aromatic carbocycles. The van der Waals surface area contributed by atoms with Gasteiger partial charge in [0.1, 0.15) is 0 Å². The first-order valence-electron chi connectivity index (χ1n) is 5.53. The third-order valence-electron chi connectivity index (χ3n) is 2.69. The summed E-state index contributed by atoms with van der Waals surface area (Å²) in [6.07, 6.45) is 1.80. The zero-order chi connectivity index (χ0) is 11.4. The second-order valence-electron chi connectivity index (χ2n) is 3.96. The van der Waals surface area contributed by atoms with Crippen molar-refractivity contribution >= 4 is 5.91 Å². The highest BCUT2D eigenvalue weighted by Gasteiger charge is 2.20. The molecule has 0 bridgehead atoms. The number of carbonyl (C=O) groups excluding carboxylic acids is 1. The molecule has 0 unspecified atom stereocenters. The molecule has 1 aromatic rings. The topological polar surface area (TPSA) is 80.0 Å². The second kappa shape index (κ2) is 5.07. The summed E-state index contributed by atoms with van der Waals surface area (Å²) < 4.78 is 5.17. The first-order valence-corrected chi connectivity index (χ1v) is 5.53. The van der Waals surface area contributed by atoms with E-state index in [2.05, 4.69) is 20.8 Å². The van der Waals surface area contributed by atoms with Crippen LogP contribution in [0.4, 0.5) is 0 Å². The van der Waals surface area contributed by atoms with Crippen molar-refractivity contribution in [2.75, 3.05) is 13.1 Å². The van der Waals surface area contributed by atoms with Crippen LogP contribution in [-0.4, -0.2) is 29.2 Å². The van der Waals surface area contributed by atoms with Crippen LogP contribution in [0.3, 0.4) is 0 Å². The Labute approximate surface area is 93.8 Å². The summed E-state index contributed by atoms with van der Waals surface area (Å²) in [6.45, 7) is 3.88. The number of amides is 1. The van der Waals surface area contributed by atoms with Gasteiger partial charge in [-0.3, -0.25) is 4.79 Å². The van der Waals surface area contributed by atoms with E-state index in [0.29, 0.717) is 18.3 Å². The Bertz CT molecular complexity index is 357. The molecule has 88 valence electrons. The maximum absolute atomic E-state index is 11.7. The van der Waals surface area contributed by atoms with Crippen LogP contribution in [0.5, 0.6) is 0 Å². The lowest BCUT2D eigenvalue weighted by molar-refractivity contribution is -0.126. The third kappa shape index (κ3) is 2.79. The number of hydrogen-bond acceptors (Lipinski definition) is 5. The maximum Gasteiger partial charge on any atom is 0.235 e. The minimum atomic E-state index is 0.0809. The Balaban J connectivity index is 1.78. The molecule has 0 atom stereocenters. The first-order chi connectivity index (χ1) is 7.75. The van der Waals surface area contributed by atoms with Gasteiger partial charge in [0.15, 0.2) is 0 Å². The SMILES string of the molecule is Cc1nnc(CNC(=O)C2CCNCC2)o1. The van der Waals surface area contributed by atoms with Gasteiger partial charge in [-0.15, -0.1) is 10.2 Å². The predicted molar refractivity (Wildman–Crippen MR) is 56.5 cm³/mol. The quantitative estimate of drug-likeness (QED) is 0.755. The summed E-state index contributed by atoms with van der Waals surface area (Å²) in [4.78, 5) is 11.7. The number of nitrogens with one attached hydrogen (secondary N) is 2. The van der Waals surface area contributed by atoms with E-state index in [-0.39, 0.29) is 11.8 Å². The summed E-state index contributed by atoms with van der Waals surface area (Å²) in [5.74, 6) is 1.17. The molecule has 6 heteroatoms. The third-order valence-corrected chi connectivity index (χ3v) is 2.69. The fourth-order valence-electron chi connectivity index (χ4n) is 1.80. The van der Waals surface area contributed by atoms with E-state index in [4.69, 9.17) is 4.42 Å². The highest BCUT2D eigenvalue weighted by atomic mass is 16.4. The minimum absolute atomic E-state index is 0.0809. The van der Waals surface area contributed by atoms with Gasteiger partial charge in [-0.05, 0) is 25.9 Å². The molecule has 0 aliphatic carbocycles. The zero-order valence-corrected chi connectivity index (χ0v) is 9.32. The Morgan fingerprint density at radius 1 is 1.50 bits per heavy atom. The molecule has 0 spiro atoms. The predicted octanol–water partition coefficient (Wildman–Crippen LogP) is -0.00618. The molecule has 1 amide bonds. The Morgan fingerprint density at radius 2 is 2.25 bits per heavy atom. The molecule has 2 heterocycles. The molecular formula is C10H16N4O2. The number of hydrogen-bond donors (Lipinski definition) is 2. The highest BCUT2D eigenvalue weighted by molar-refractivity contribution is 5.78. The van der Waals surface area contributed by atoms with Crippen LogP contribution in [0.15, 0.2) is 4.42 Å². The van der Waals surface area contributed by atoms with Crippen molar-refractivity contribution < 1.29 is 9.21 Å². The molecule has 0 saturated carbocycles. The van der Waals surface area contributed by atoms with Crippen molar-refractivity contribution in [2.24, 2.45) is 5.92 Å². The van der Waals surface area contributed by atoms with Crippen molar-refractivity contribution in [1.82, 2.24) is 20.8 Å². The van der Waals surface area contributed by atoms with E-state index in [0.717, 1.165) is 25.9 Å². The van der Waals surface area contributed by atoms with E-state index in [1.807, 2.05) is 0 Å². The number of aryl methyl sites for hydroxylation is 1. The van der Waals surface area contributed by atoms with E-state index < -0.39 is 0 Å². The summed E-state index contributed by atoms with van der Waals surface area (Å²) in [7, 11) is 0. The van der Waals surface area contributed by atoms with Crippen LogP contribution in [0.2, 0.25) is 0 Å². The number of aromatic nitrogens is 2. The number of nitrogens with zero attached hydrogens (tertiary/aromatic N) is 2. The molecule has 1 aliphatic heterocycles. The van der Waals surface area contributed by atoms with Gasteiger partial charge in [0.05, 0.1) is 6.54 Å². The minimum Gasteiger partial charge on any atom is -0.424 e. The maximum atomic E-state index is 11.7. The van der Waals surface area contributed by atoms with E-state index in [1.165, 1.54) is 0 Å². The summed E-state index contributed by atoms with van der Waals surface area (Å²) in [6, 6.07) is 0. The Hall–Kier alpha value is -1.43. The molecule has 1 aromatic heterocycles. The molecule has 2 rings (SSSR count). The van der Waals surface area contributed by atoms with Crippen molar-refractivity contribution in [3.05, 3.63) is 11.8 Å². The molecule has 1 aliphatic rings. The molecule has 16 heavy (non-hydrogen) atoms. The van der Waals surface area contributed by atoms with Gasteiger partial charge in [0, 0.05) is 12.8 Å². The highest BCUT2D eigenvalue weighted by Crippen LogP contribution is 2.11. The number of rotatable bonds is 3. The average Bonchev–Trinajstić information content (AvgIpc) is 2.73. The Kier molecular flexibility index (Phi) is 3.51. The van der Waals surface area contributed by atoms with Gasteiger partial charge in [-0.25, -0.2) is 0 Å². The molecule has 2 N–H and O–H groups in total. The van der Waals surface area contributed by atoms with Crippen molar-refractivity contribution in [2.45, 2.75) is 26.3 Å². The summed E-state index contributed by atoms with van der Waals surface area (Å²) >= 11 is 0. The van der Waals surface area contributed by atoms with E-state index >= 15 is 0 Å². The van der Waals surface area contributed by atoms with Crippen molar-refractivity contribution in [1.29, 1.82) is 0 Å². The molecule has 0 radical (unpaired) electrons. The molecular weight excluding hydrogens is 208 g/mol. The van der Waals surface area contributed by atoms with Crippen LogP contribution in [-0.2, 0) is 11.3 Å². The lowest BCUT2D eigenvalue weighted by atomic mass is 9.97. The van der Waals surface area contributed by atoms with Crippen molar-refractivity contribution in [3.8, 4) is 0 Å². The van der Waals surface area contributed by atoms with Crippen LogP contribution < -0.4 is 10.6 Å². The summed E-state index contributed by atoms with van der Waals surface area (Å²) in [5, 5.41) is 13.6. The van der Waals surface area contributed by atoms with Gasteiger partial charge in [0.2, 0.25) is 17.7 Å². The standard InChI is InChI=1S/C10H16N4O2/c1-7-13-14-9(16-7)6-12-10(15)8-2-4-11-5-3-8/h8,11H,2-6H2,1H3,(H,12,15). The Morgan fingerprint density at radius 3 is 2.88 bits per heavy atom. The number of piperidine rings is 1. The van der Waals surface area contributed by atoms with Crippen LogP contribution in [0.25, 0.3) is 0 Å². The van der Waals surface area contributed by atoms with Crippen molar-refractivity contribution in [3.63, 3.8) is 0 Å². The van der Waals surface area contributed by atoms with Crippen LogP contribution >= 0.6 is 0 Å². The first kappa shape index (κ1) is 11.1. The van der Waals surface area contributed by atoms with E-state index in [1.54, 1.807) is 6.92 Å². The normalized spacial score (nSPS) is 17.3. The van der Waals surface area contributed by atoms with Crippen LogP contribution in [0, 0.1) is 12.8 Å². The van der Waals surface area contributed by atoms with Gasteiger partial charge >= 0.3 is 0 Å². The molecule has 1 fully saturated rings. The molecule has 6 nitrogen and oxygen atoms in total. The van der Waals surface area contributed by atoms with Gasteiger partial charge in [-0.2, -0.15) is 0 Å². The fourth-order valence-corrected chi connectivity index (χ4v) is 1.80. The smallest absolute Gasteiger partial charge is 0.235 e. The summed E-state index contributed by atoms with van der Waals surface area (Å²) in [5.41, 5.74) is 0. The van der Waals surface area contributed by atoms with Gasteiger partial charge in [-0.1, -0.05) is 0 Å². The zero-order valence-electron chi connectivity index (χ0n) is 9.32. The largest absolute Gasteiger partial charge is 0.424 e. The number of carbonyl (C=O) groups is 1. The van der Waals surface area contributed by atoms with Gasteiger partial charge < -0.3 is 15.1 Å². The van der Waals surface area contributed by atoms with Gasteiger partial charge in [0.25, 0.3) is 0 Å². The van der Waals surface area contributed by atoms with E-state index in [9.17, 15) is 4.79 Å². The lowest BCUT2D eigenvalue weighted by Crippen LogP contribution is -2.37. The monoisotopic (exact) mass is 224 g/mol. The fraction of sp³-hybridized carbons (Fsp3) is 0.700.